The Hall–Kier alpha value is 0.925. The Labute approximate surface area is 49.4 Å². The molecule has 3 heteroatoms. The van der Waals surface area contributed by atoms with Gasteiger partial charge in [0.15, 0.2) is 0 Å². The maximum atomic E-state index is 5.82. The molecule has 0 rings (SSSR count). The van der Waals surface area contributed by atoms with Crippen LogP contribution < -0.4 is 0 Å². The summed E-state index contributed by atoms with van der Waals surface area (Å²) in [5.74, 6) is 0. The molecule has 40 valence electrons. The standard InChI is InChI=1S/C4H12BP2/c1-6(2)7(3,4)5/h1-4H3/q+1. The molecule has 0 unspecified atom stereocenters. The van der Waals surface area contributed by atoms with Gasteiger partial charge in [0.05, 0.1) is 0 Å². The zero-order valence-electron chi connectivity index (χ0n) is 5.47. The summed E-state index contributed by atoms with van der Waals surface area (Å²) in [5.41, 5.74) is 0. The normalized spacial score (nSPS) is 12.7. The highest BCUT2D eigenvalue weighted by Crippen LogP contribution is 2.72. The molecule has 0 saturated heterocycles. The number of hydrogen-bond donors (Lipinski definition) is 0. The predicted octanol–water partition coefficient (Wildman–Crippen LogP) is 2.00. The molecule has 0 heterocycles. The quantitative estimate of drug-likeness (QED) is 0.379. The molecular weight excluding hydrogens is 121 g/mol. The Balaban J connectivity index is 3.54. The van der Waals surface area contributed by atoms with Crippen LogP contribution in [-0.2, 0) is 0 Å². The minimum atomic E-state index is -0.923. The molecule has 0 aromatic rings. The van der Waals surface area contributed by atoms with Gasteiger partial charge in [-0.25, -0.2) is 0 Å². The lowest BCUT2D eigenvalue weighted by atomic mass is 10.8. The van der Waals surface area contributed by atoms with Crippen LogP contribution in [0.2, 0.25) is 0 Å². The lowest BCUT2D eigenvalue weighted by molar-refractivity contribution is 2.19. The Morgan fingerprint density at radius 3 is 1.43 bits per heavy atom. The van der Waals surface area contributed by atoms with Crippen molar-refractivity contribution in [2.45, 2.75) is 0 Å². The zero-order valence-corrected chi connectivity index (χ0v) is 7.26. The summed E-state index contributed by atoms with van der Waals surface area (Å²) in [4.78, 5) is 0. The molecule has 0 N–H and O–H groups in total. The molecule has 0 aliphatic rings. The van der Waals surface area contributed by atoms with Gasteiger partial charge < -0.3 is 0 Å². The van der Waals surface area contributed by atoms with E-state index >= 15 is 0 Å². The Kier molecular flexibility index (Phi) is 2.79. The van der Waals surface area contributed by atoms with Crippen molar-refractivity contribution in [2.75, 3.05) is 26.7 Å². The summed E-state index contributed by atoms with van der Waals surface area (Å²) in [6, 6.07) is 0. The van der Waals surface area contributed by atoms with E-state index in [4.69, 9.17) is 7.57 Å². The molecule has 0 atom stereocenters. The molecule has 0 bridgehead atoms. The largest absolute Gasteiger partial charge is 0.367 e. The van der Waals surface area contributed by atoms with Gasteiger partial charge in [0.1, 0.15) is 0 Å². The molecule has 0 spiro atoms. The van der Waals surface area contributed by atoms with Crippen molar-refractivity contribution < 1.29 is 0 Å². The molecule has 0 aromatic heterocycles. The topological polar surface area (TPSA) is 0 Å². The maximum Gasteiger partial charge on any atom is 0.367 e. The van der Waals surface area contributed by atoms with Gasteiger partial charge in [-0.15, -0.1) is 0 Å². The Bertz CT molecular complexity index is 55.2. The van der Waals surface area contributed by atoms with Gasteiger partial charge in [0.2, 0.25) is 0 Å². The van der Waals surface area contributed by atoms with Crippen molar-refractivity contribution in [3.63, 3.8) is 0 Å². The van der Waals surface area contributed by atoms with Crippen molar-refractivity contribution >= 4 is 22.0 Å². The van der Waals surface area contributed by atoms with Crippen molar-refractivity contribution in [1.82, 2.24) is 0 Å². The molecule has 0 saturated carbocycles. The van der Waals surface area contributed by atoms with E-state index in [9.17, 15) is 0 Å². The number of hydrogen-bond acceptors (Lipinski definition) is 0. The average Bonchev–Trinajstić information content (AvgIpc) is 1.31. The van der Waals surface area contributed by atoms with Gasteiger partial charge in [0, 0.05) is 20.9 Å². The molecule has 7 heavy (non-hydrogen) atoms. The predicted molar refractivity (Wildman–Crippen MR) is 43.3 cm³/mol. The minimum absolute atomic E-state index is 0.147. The van der Waals surface area contributed by atoms with Gasteiger partial charge in [-0.1, -0.05) is 0 Å². The first-order valence-electron chi connectivity index (χ1n) is 2.25. The molecule has 0 aliphatic heterocycles. The fraction of sp³-hybridized carbons (Fsp3) is 1.00. The second-order valence-electron chi connectivity index (χ2n) is 2.33. The van der Waals surface area contributed by atoms with E-state index in [1.165, 1.54) is 0 Å². The van der Waals surface area contributed by atoms with Crippen molar-refractivity contribution in [1.29, 1.82) is 0 Å². The SMILES string of the molecule is [B][P+](C)(C)P(C)C. The van der Waals surface area contributed by atoms with Crippen LogP contribution in [0.5, 0.6) is 0 Å². The minimum Gasteiger partial charge on any atom is -0.0277 e. The van der Waals surface area contributed by atoms with Gasteiger partial charge >= 0.3 is 7.57 Å². The first-order chi connectivity index (χ1) is 2.94. The molecule has 0 aliphatic carbocycles. The summed E-state index contributed by atoms with van der Waals surface area (Å²) in [6.07, 6.45) is 0. The van der Waals surface area contributed by atoms with Gasteiger partial charge in [0.25, 0.3) is 0 Å². The second kappa shape index (κ2) is 2.47. The van der Waals surface area contributed by atoms with Crippen LogP contribution in [-0.4, -0.2) is 34.2 Å². The molecule has 0 aromatic carbocycles. The molecule has 0 fully saturated rings. The van der Waals surface area contributed by atoms with Crippen molar-refractivity contribution in [3.8, 4) is 0 Å². The first kappa shape index (κ1) is 7.92. The third-order valence-electron chi connectivity index (χ3n) is 1.03. The van der Waals surface area contributed by atoms with Gasteiger partial charge in [-0.2, -0.15) is 0 Å². The third-order valence-corrected chi connectivity index (χ3v) is 9.28. The van der Waals surface area contributed by atoms with E-state index in [-0.39, 0.29) is 7.61 Å². The van der Waals surface area contributed by atoms with E-state index in [1.807, 2.05) is 0 Å². The van der Waals surface area contributed by atoms with E-state index in [0.717, 1.165) is 0 Å². The molecule has 2 radical (unpaired) electrons. The van der Waals surface area contributed by atoms with E-state index < -0.39 is 6.83 Å². The summed E-state index contributed by atoms with van der Waals surface area (Å²) in [7, 11) is 5.97. The van der Waals surface area contributed by atoms with Crippen LogP contribution in [0.4, 0.5) is 0 Å². The summed E-state index contributed by atoms with van der Waals surface area (Å²) in [5, 5.41) is 0. The highest BCUT2D eigenvalue weighted by atomic mass is 32.1. The summed E-state index contributed by atoms with van der Waals surface area (Å²) < 4.78 is 0. The van der Waals surface area contributed by atoms with Crippen LogP contribution in [0.15, 0.2) is 0 Å². The summed E-state index contributed by atoms with van der Waals surface area (Å²) in [6.45, 7) is 7.91. The average molecular weight is 133 g/mol. The van der Waals surface area contributed by atoms with Crippen LogP contribution in [0, 0.1) is 0 Å². The fourth-order valence-electron chi connectivity index (χ4n) is 0. The smallest absolute Gasteiger partial charge is 0.0277 e. The van der Waals surface area contributed by atoms with Crippen LogP contribution in [0.25, 0.3) is 0 Å². The summed E-state index contributed by atoms with van der Waals surface area (Å²) >= 11 is 0. The Morgan fingerprint density at radius 2 is 1.43 bits per heavy atom. The maximum absolute atomic E-state index is 5.82. The highest BCUT2D eigenvalue weighted by molar-refractivity contribution is 8.47. The third kappa shape index (κ3) is 3.50. The van der Waals surface area contributed by atoms with Crippen LogP contribution in [0.3, 0.4) is 0 Å². The zero-order chi connectivity index (χ0) is 6.08. The number of rotatable bonds is 1. The second-order valence-corrected chi connectivity index (χ2v) is 12.5. The van der Waals surface area contributed by atoms with Crippen molar-refractivity contribution in [3.05, 3.63) is 0 Å². The lowest BCUT2D eigenvalue weighted by Gasteiger charge is -2.15. The monoisotopic (exact) mass is 133 g/mol. The van der Waals surface area contributed by atoms with Gasteiger partial charge in [-0.05, 0) is 20.2 Å². The van der Waals surface area contributed by atoms with E-state index in [1.54, 1.807) is 0 Å². The molecular formula is C4H12BP2+. The van der Waals surface area contributed by atoms with E-state index in [0.29, 0.717) is 0 Å². The Morgan fingerprint density at radius 1 is 1.29 bits per heavy atom. The van der Waals surface area contributed by atoms with Crippen molar-refractivity contribution in [2.24, 2.45) is 0 Å². The van der Waals surface area contributed by atoms with Gasteiger partial charge in [-0.3, -0.25) is 0 Å². The van der Waals surface area contributed by atoms with E-state index in [2.05, 4.69) is 26.7 Å². The molecule has 0 nitrogen and oxygen atoms in total. The fourth-order valence-corrected chi connectivity index (χ4v) is 0. The first-order valence-corrected chi connectivity index (χ1v) is 7.94. The molecule has 0 amide bonds. The van der Waals surface area contributed by atoms with Crippen LogP contribution in [0.1, 0.15) is 0 Å². The van der Waals surface area contributed by atoms with Crippen LogP contribution >= 0.6 is 14.4 Å². The lowest BCUT2D eigenvalue weighted by Crippen LogP contribution is -1.80. The highest BCUT2D eigenvalue weighted by Gasteiger charge is 2.22.